The molecule has 114 valence electrons. The van der Waals surface area contributed by atoms with Crippen molar-refractivity contribution in [2.75, 3.05) is 21.3 Å². The lowest BCUT2D eigenvalue weighted by atomic mass is 10.2. The van der Waals surface area contributed by atoms with Crippen molar-refractivity contribution in [3.63, 3.8) is 0 Å². The van der Waals surface area contributed by atoms with E-state index in [-0.39, 0.29) is 0 Å². The van der Waals surface area contributed by atoms with E-state index in [1.54, 1.807) is 14.2 Å². The van der Waals surface area contributed by atoms with Crippen molar-refractivity contribution in [3.8, 4) is 11.5 Å². The zero-order valence-corrected chi connectivity index (χ0v) is 12.5. The van der Waals surface area contributed by atoms with Gasteiger partial charge in [-0.1, -0.05) is 5.16 Å². The van der Waals surface area contributed by atoms with Gasteiger partial charge in [0.15, 0.2) is 5.76 Å². The summed E-state index contributed by atoms with van der Waals surface area (Å²) in [6.07, 6.45) is 0. The fourth-order valence-corrected chi connectivity index (χ4v) is 1.94. The summed E-state index contributed by atoms with van der Waals surface area (Å²) >= 11 is 0. The minimum atomic E-state index is 0.344. The van der Waals surface area contributed by atoms with Crippen molar-refractivity contribution in [2.45, 2.75) is 19.8 Å². The van der Waals surface area contributed by atoms with Crippen LogP contribution in [0.5, 0.6) is 11.5 Å². The zero-order valence-electron chi connectivity index (χ0n) is 12.5. The van der Waals surface area contributed by atoms with Crippen LogP contribution in [0.2, 0.25) is 0 Å². The third-order valence-corrected chi connectivity index (χ3v) is 2.90. The summed E-state index contributed by atoms with van der Waals surface area (Å²) in [5.41, 5.74) is 1.76. The molecule has 0 atom stereocenters. The van der Waals surface area contributed by atoms with Crippen molar-refractivity contribution in [1.82, 2.24) is 10.5 Å². The van der Waals surface area contributed by atoms with E-state index in [0.717, 1.165) is 22.8 Å². The molecule has 0 spiro atoms. The summed E-state index contributed by atoms with van der Waals surface area (Å²) in [5, 5.41) is 7.05. The van der Waals surface area contributed by atoms with E-state index < -0.39 is 0 Å². The number of nitrogens with one attached hydrogen (secondary N) is 1. The lowest BCUT2D eigenvalue weighted by Crippen LogP contribution is -2.08. The maximum absolute atomic E-state index is 5.81. The van der Waals surface area contributed by atoms with Crippen LogP contribution in [-0.4, -0.2) is 26.4 Å². The molecule has 1 aromatic heterocycles. The number of nitrogens with zero attached hydrogens (tertiary/aromatic N) is 1. The predicted molar refractivity (Wildman–Crippen MR) is 77.3 cm³/mol. The highest BCUT2D eigenvalue weighted by atomic mass is 16.5. The van der Waals surface area contributed by atoms with Gasteiger partial charge >= 0.3 is 0 Å². The fourth-order valence-electron chi connectivity index (χ4n) is 1.94. The quantitative estimate of drug-likeness (QED) is 0.804. The van der Waals surface area contributed by atoms with Crippen molar-refractivity contribution in [1.29, 1.82) is 0 Å². The molecule has 6 heteroatoms. The second-order valence-corrected chi connectivity index (χ2v) is 4.51. The van der Waals surface area contributed by atoms with Gasteiger partial charge in [-0.05, 0) is 25.2 Å². The van der Waals surface area contributed by atoms with Gasteiger partial charge in [0, 0.05) is 25.3 Å². The maximum Gasteiger partial charge on any atom is 0.162 e. The Bertz CT molecular complexity index is 569. The fraction of sp³-hybridized carbons (Fsp3) is 0.400. The summed E-state index contributed by atoms with van der Waals surface area (Å²) in [4.78, 5) is 0. The molecular weight excluding hydrogens is 272 g/mol. The Labute approximate surface area is 124 Å². The molecule has 0 amide bonds. The lowest BCUT2D eigenvalue weighted by Gasteiger charge is -2.11. The number of aromatic nitrogens is 1. The molecule has 0 radical (unpaired) electrons. The highest BCUT2D eigenvalue weighted by molar-refractivity contribution is 5.40. The minimum absolute atomic E-state index is 0.344. The molecule has 1 N–H and O–H groups in total. The Morgan fingerprint density at radius 1 is 1.19 bits per heavy atom. The predicted octanol–water partition coefficient (Wildman–Crippen LogP) is 2.13. The Morgan fingerprint density at radius 3 is 2.76 bits per heavy atom. The molecule has 2 rings (SSSR count). The van der Waals surface area contributed by atoms with E-state index >= 15 is 0 Å². The molecule has 2 aromatic rings. The average molecular weight is 292 g/mol. The summed E-state index contributed by atoms with van der Waals surface area (Å²) in [6.45, 7) is 1.44. The molecule has 21 heavy (non-hydrogen) atoms. The van der Waals surface area contributed by atoms with Crippen LogP contribution in [0, 0.1) is 0 Å². The Hall–Kier alpha value is -2.05. The average Bonchev–Trinajstić information content (AvgIpc) is 2.94. The summed E-state index contributed by atoms with van der Waals surface area (Å²) in [5.74, 6) is 2.28. The topological polar surface area (TPSA) is 65.8 Å². The molecule has 0 aliphatic carbocycles. The van der Waals surface area contributed by atoms with E-state index in [4.69, 9.17) is 18.7 Å². The number of ether oxygens (including phenoxy) is 3. The molecule has 0 unspecified atom stereocenters. The van der Waals surface area contributed by atoms with Crippen LogP contribution in [0.1, 0.15) is 17.0 Å². The van der Waals surface area contributed by atoms with Crippen molar-refractivity contribution in [2.24, 2.45) is 0 Å². The second-order valence-electron chi connectivity index (χ2n) is 4.51. The van der Waals surface area contributed by atoms with E-state index in [1.165, 1.54) is 0 Å². The second kappa shape index (κ2) is 7.66. The Kier molecular flexibility index (Phi) is 5.59. The van der Waals surface area contributed by atoms with Gasteiger partial charge in [-0.25, -0.2) is 0 Å². The molecule has 0 bridgehead atoms. The molecular formula is C15H20N2O4. The highest BCUT2D eigenvalue weighted by Crippen LogP contribution is 2.25. The van der Waals surface area contributed by atoms with E-state index in [0.29, 0.717) is 25.5 Å². The number of benzene rings is 1. The van der Waals surface area contributed by atoms with Crippen LogP contribution in [-0.2, 0) is 24.5 Å². The zero-order chi connectivity index (χ0) is 15.1. The first-order valence-corrected chi connectivity index (χ1v) is 6.64. The molecule has 1 aromatic carbocycles. The molecule has 6 nitrogen and oxygen atoms in total. The molecule has 0 saturated carbocycles. The third kappa shape index (κ3) is 4.21. The van der Waals surface area contributed by atoms with Gasteiger partial charge < -0.3 is 24.1 Å². The van der Waals surface area contributed by atoms with Gasteiger partial charge in [0.2, 0.25) is 0 Å². The highest BCUT2D eigenvalue weighted by Gasteiger charge is 2.08. The lowest BCUT2D eigenvalue weighted by molar-refractivity contribution is 0.155. The first-order valence-electron chi connectivity index (χ1n) is 6.64. The molecule has 0 fully saturated rings. The van der Waals surface area contributed by atoms with Crippen LogP contribution >= 0.6 is 0 Å². The number of hydrogen-bond donors (Lipinski definition) is 1. The summed E-state index contributed by atoms with van der Waals surface area (Å²) in [6, 6.07) is 7.53. The van der Waals surface area contributed by atoms with Gasteiger partial charge in [0.05, 0.1) is 7.11 Å². The third-order valence-electron chi connectivity index (χ3n) is 2.90. The SMILES string of the molecule is CNCc1cc(OC)ccc1OCc1cc(COC)on1. The Morgan fingerprint density at radius 2 is 2.05 bits per heavy atom. The minimum Gasteiger partial charge on any atom is -0.497 e. The van der Waals surface area contributed by atoms with Crippen LogP contribution in [0.4, 0.5) is 0 Å². The molecule has 1 heterocycles. The number of hydrogen-bond acceptors (Lipinski definition) is 6. The summed E-state index contributed by atoms with van der Waals surface area (Å²) < 4.78 is 21.1. The van der Waals surface area contributed by atoms with Crippen molar-refractivity contribution < 1.29 is 18.7 Å². The van der Waals surface area contributed by atoms with Gasteiger partial charge in [-0.3, -0.25) is 0 Å². The van der Waals surface area contributed by atoms with Crippen molar-refractivity contribution in [3.05, 3.63) is 41.3 Å². The van der Waals surface area contributed by atoms with E-state index in [1.807, 2.05) is 31.3 Å². The number of methoxy groups -OCH3 is 2. The molecule has 0 saturated heterocycles. The van der Waals surface area contributed by atoms with Crippen LogP contribution in [0.3, 0.4) is 0 Å². The largest absolute Gasteiger partial charge is 0.497 e. The van der Waals surface area contributed by atoms with E-state index in [9.17, 15) is 0 Å². The van der Waals surface area contributed by atoms with Crippen LogP contribution in [0.25, 0.3) is 0 Å². The summed E-state index contributed by atoms with van der Waals surface area (Å²) in [7, 11) is 5.14. The van der Waals surface area contributed by atoms with Gasteiger partial charge in [0.25, 0.3) is 0 Å². The first kappa shape index (κ1) is 15.3. The number of rotatable bonds is 8. The standard InChI is InChI=1S/C15H20N2O4/c1-16-8-11-6-13(19-3)4-5-15(11)20-9-12-7-14(10-18-2)21-17-12/h4-7,16H,8-10H2,1-3H3. The maximum atomic E-state index is 5.81. The van der Waals surface area contributed by atoms with Crippen LogP contribution < -0.4 is 14.8 Å². The molecule has 0 aliphatic rings. The molecule has 0 aliphatic heterocycles. The smallest absolute Gasteiger partial charge is 0.162 e. The monoisotopic (exact) mass is 292 g/mol. The normalized spacial score (nSPS) is 10.6. The van der Waals surface area contributed by atoms with Gasteiger partial charge in [-0.15, -0.1) is 0 Å². The van der Waals surface area contributed by atoms with Gasteiger partial charge in [0.1, 0.15) is 30.4 Å². The first-order chi connectivity index (χ1) is 10.3. The van der Waals surface area contributed by atoms with Crippen molar-refractivity contribution >= 4 is 0 Å². The van der Waals surface area contributed by atoms with E-state index in [2.05, 4.69) is 10.5 Å². The Balaban J connectivity index is 2.04. The van der Waals surface area contributed by atoms with Crippen LogP contribution in [0.15, 0.2) is 28.8 Å². The van der Waals surface area contributed by atoms with Gasteiger partial charge in [-0.2, -0.15) is 0 Å².